The normalized spacial score (nSPS) is 11.9. The van der Waals surface area contributed by atoms with Gasteiger partial charge in [0.2, 0.25) is 0 Å². The fourth-order valence-electron chi connectivity index (χ4n) is 4.24. The molecule has 0 aliphatic carbocycles. The molecule has 0 radical (unpaired) electrons. The zero-order valence-electron chi connectivity index (χ0n) is 24.0. The van der Waals surface area contributed by atoms with Gasteiger partial charge < -0.3 is 24.8 Å². The summed E-state index contributed by atoms with van der Waals surface area (Å²) in [6, 6.07) is 10.5. The largest absolute Gasteiger partial charge is 0.494 e. The van der Waals surface area contributed by atoms with Gasteiger partial charge in [0.15, 0.2) is 11.5 Å². The predicted octanol–water partition coefficient (Wildman–Crippen LogP) is 6.37. The molecular weight excluding hydrogens is 541 g/mol. The molecule has 12 heteroatoms. The molecule has 42 heavy (non-hydrogen) atoms. The molecule has 5 aromatic rings. The number of halogens is 1. The van der Waals surface area contributed by atoms with E-state index < -0.39 is 17.1 Å². The molecule has 1 amide bonds. The quantitative estimate of drug-likeness (QED) is 0.204. The van der Waals surface area contributed by atoms with E-state index in [1.54, 1.807) is 68.9 Å². The first-order valence-electron chi connectivity index (χ1n) is 13.0. The zero-order chi connectivity index (χ0) is 30.0. The van der Waals surface area contributed by atoms with E-state index >= 15 is 0 Å². The lowest BCUT2D eigenvalue weighted by molar-refractivity contribution is -0.114. The molecule has 0 fully saturated rings. The minimum atomic E-state index is -0.892. The van der Waals surface area contributed by atoms with Gasteiger partial charge in [0.25, 0.3) is 5.91 Å². The fourth-order valence-corrected chi connectivity index (χ4v) is 4.24. The van der Waals surface area contributed by atoms with Crippen molar-refractivity contribution < 1.29 is 23.4 Å². The van der Waals surface area contributed by atoms with E-state index in [1.165, 1.54) is 25.8 Å². The first kappa shape index (κ1) is 28.3. The average molecular weight is 572 g/mol. The van der Waals surface area contributed by atoms with Crippen LogP contribution in [0.1, 0.15) is 26.3 Å². The minimum Gasteiger partial charge on any atom is -0.494 e. The van der Waals surface area contributed by atoms with Crippen molar-refractivity contribution in [2.24, 2.45) is 5.41 Å². The number of benzene rings is 2. The lowest BCUT2D eigenvalue weighted by atomic mass is 9.96. The highest BCUT2D eigenvalue weighted by molar-refractivity contribution is 6.05. The molecule has 0 bridgehead atoms. The molecule has 3 aromatic heterocycles. The number of carbonyl (C=O) groups excluding carboxylic acids is 1. The van der Waals surface area contributed by atoms with Crippen LogP contribution in [0.25, 0.3) is 16.6 Å². The molecule has 0 spiro atoms. The number of rotatable bonds is 8. The van der Waals surface area contributed by atoms with Crippen LogP contribution in [-0.2, 0) is 4.79 Å². The maximum absolute atomic E-state index is 14.6. The Bertz CT molecular complexity index is 1830. The number of fused-ring (bicyclic) bond motifs is 2. The predicted molar refractivity (Wildman–Crippen MR) is 157 cm³/mol. The maximum Gasteiger partial charge on any atom is 0.284 e. The summed E-state index contributed by atoms with van der Waals surface area (Å²) in [5.74, 6) is 0.675. The second-order valence-electron chi connectivity index (χ2n) is 10.6. The summed E-state index contributed by atoms with van der Waals surface area (Å²) in [5, 5.41) is 10.6. The van der Waals surface area contributed by atoms with Crippen molar-refractivity contribution in [2.75, 3.05) is 24.9 Å². The van der Waals surface area contributed by atoms with Gasteiger partial charge in [0.05, 0.1) is 31.1 Å². The van der Waals surface area contributed by atoms with Gasteiger partial charge in [-0.1, -0.05) is 20.8 Å². The van der Waals surface area contributed by atoms with E-state index in [9.17, 15) is 9.18 Å². The molecule has 0 unspecified atom stereocenters. The molecular formula is C30H30FN7O4. The Kier molecular flexibility index (Phi) is 7.62. The number of amides is 1. The second-order valence-corrected chi connectivity index (χ2v) is 10.6. The molecule has 3 heterocycles. The molecule has 11 nitrogen and oxygen atoms in total. The van der Waals surface area contributed by atoms with Crippen LogP contribution in [-0.4, -0.2) is 44.7 Å². The number of anilines is 3. The van der Waals surface area contributed by atoms with E-state index in [0.29, 0.717) is 51.1 Å². The summed E-state index contributed by atoms with van der Waals surface area (Å²) in [7, 11) is 3.01. The summed E-state index contributed by atoms with van der Waals surface area (Å²) in [6.45, 7) is 7.32. The number of carbonyl (C=O) groups is 1. The van der Waals surface area contributed by atoms with Crippen LogP contribution in [0.2, 0.25) is 0 Å². The van der Waals surface area contributed by atoms with Gasteiger partial charge in [-0.2, -0.15) is 5.10 Å². The van der Waals surface area contributed by atoms with Crippen molar-refractivity contribution in [3.63, 3.8) is 0 Å². The number of aromatic nitrogens is 5. The number of allylic oxidation sites excluding steroid dienone is 1. The van der Waals surface area contributed by atoms with Crippen LogP contribution in [0.3, 0.4) is 0 Å². The number of methoxy groups -OCH3 is 2. The van der Waals surface area contributed by atoms with E-state index in [2.05, 4.69) is 30.7 Å². The first-order chi connectivity index (χ1) is 20.0. The molecule has 0 saturated carbocycles. The van der Waals surface area contributed by atoms with Gasteiger partial charge in [-0.05, 0) is 42.2 Å². The van der Waals surface area contributed by atoms with Crippen molar-refractivity contribution in [3.8, 4) is 23.0 Å². The highest BCUT2D eigenvalue weighted by Gasteiger charge is 2.19. The van der Waals surface area contributed by atoms with Crippen molar-refractivity contribution in [1.29, 1.82) is 0 Å². The minimum absolute atomic E-state index is 0.266. The van der Waals surface area contributed by atoms with Gasteiger partial charge in [-0.3, -0.25) is 4.79 Å². The maximum atomic E-state index is 14.6. The highest BCUT2D eigenvalue weighted by atomic mass is 19.1. The second kappa shape index (κ2) is 11.3. The molecule has 2 aromatic carbocycles. The van der Waals surface area contributed by atoms with E-state index in [0.717, 1.165) is 5.56 Å². The van der Waals surface area contributed by atoms with Crippen LogP contribution in [0.5, 0.6) is 23.0 Å². The Balaban J connectivity index is 1.47. The molecule has 216 valence electrons. The smallest absolute Gasteiger partial charge is 0.284 e. The van der Waals surface area contributed by atoms with Crippen LogP contribution in [0, 0.1) is 12.3 Å². The Morgan fingerprint density at radius 2 is 1.71 bits per heavy atom. The van der Waals surface area contributed by atoms with Crippen molar-refractivity contribution >= 4 is 39.6 Å². The van der Waals surface area contributed by atoms with Gasteiger partial charge in [-0.15, -0.1) is 0 Å². The van der Waals surface area contributed by atoms with Gasteiger partial charge in [-0.25, -0.2) is 23.9 Å². The van der Waals surface area contributed by atoms with Gasteiger partial charge >= 0.3 is 0 Å². The number of aryl methyl sites for hydroxylation is 1. The molecule has 5 rings (SSSR count). The molecule has 0 saturated heterocycles. The molecule has 0 aliphatic rings. The van der Waals surface area contributed by atoms with Gasteiger partial charge in [0.1, 0.15) is 41.5 Å². The third-order valence-electron chi connectivity index (χ3n) is 6.21. The zero-order valence-corrected chi connectivity index (χ0v) is 24.0. The van der Waals surface area contributed by atoms with Crippen LogP contribution in [0.15, 0.2) is 67.2 Å². The fraction of sp³-hybridized carbons (Fsp3) is 0.233. The first-order valence-corrected chi connectivity index (χ1v) is 13.0. The lowest BCUT2D eigenvalue weighted by Crippen LogP contribution is -2.15. The Morgan fingerprint density at radius 3 is 2.45 bits per heavy atom. The Labute approximate surface area is 241 Å². The van der Waals surface area contributed by atoms with Crippen LogP contribution in [0.4, 0.5) is 21.6 Å². The summed E-state index contributed by atoms with van der Waals surface area (Å²) >= 11 is 0. The Hall–Kier alpha value is -5.26. The van der Waals surface area contributed by atoms with Crippen molar-refractivity contribution in [1.82, 2.24) is 24.6 Å². The Morgan fingerprint density at radius 1 is 0.952 bits per heavy atom. The topological polar surface area (TPSA) is 125 Å². The van der Waals surface area contributed by atoms with Gasteiger partial charge in [0, 0.05) is 29.8 Å². The van der Waals surface area contributed by atoms with Crippen LogP contribution < -0.4 is 24.8 Å². The van der Waals surface area contributed by atoms with E-state index in [4.69, 9.17) is 14.2 Å². The molecule has 2 N–H and O–H groups in total. The number of nitrogens with one attached hydrogen (secondary N) is 2. The third kappa shape index (κ3) is 6.07. The third-order valence-corrected chi connectivity index (χ3v) is 6.21. The summed E-state index contributed by atoms with van der Waals surface area (Å²) in [4.78, 5) is 25.6. The number of hydrogen-bond acceptors (Lipinski definition) is 9. The molecule has 0 atom stereocenters. The van der Waals surface area contributed by atoms with E-state index in [-0.39, 0.29) is 5.69 Å². The monoisotopic (exact) mass is 571 g/mol. The summed E-state index contributed by atoms with van der Waals surface area (Å²) < 4.78 is 33.5. The summed E-state index contributed by atoms with van der Waals surface area (Å²) in [5.41, 5.74) is 2.41. The standard InChI is InChI=1S/C30H30FN7O4/c1-17-9-22(26(41-6)13-24(17)42-18-7-8-38-27(10-18)33-16-35-38)36-28-19-11-23(25(40-5)12-21(19)32-15-34-28)37-29(39)20(31)14-30(2,3)4/h7-16H,1-6H3,(H,37,39)(H,32,34,36). The molecule has 0 aliphatic heterocycles. The van der Waals surface area contributed by atoms with Crippen molar-refractivity contribution in [3.05, 3.63) is 72.7 Å². The van der Waals surface area contributed by atoms with Crippen LogP contribution >= 0.6 is 0 Å². The average Bonchev–Trinajstić information content (AvgIpc) is 3.41. The lowest BCUT2D eigenvalue weighted by Gasteiger charge is -2.17. The number of pyridine rings is 1. The van der Waals surface area contributed by atoms with E-state index in [1.807, 2.05) is 13.0 Å². The highest BCUT2D eigenvalue weighted by Crippen LogP contribution is 2.39. The number of ether oxygens (including phenoxy) is 3. The number of nitrogens with zero attached hydrogens (tertiary/aromatic N) is 5. The summed E-state index contributed by atoms with van der Waals surface area (Å²) in [6.07, 6.45) is 5.91. The van der Waals surface area contributed by atoms with Crippen molar-refractivity contribution in [2.45, 2.75) is 27.7 Å². The SMILES string of the molecule is COc1cc2ncnc(Nc3cc(C)c(Oc4ccn5ncnc5c4)cc3OC)c2cc1NC(=O)C(F)=CC(C)(C)C. The number of hydrogen-bond donors (Lipinski definition) is 2.